The third-order valence-corrected chi connectivity index (χ3v) is 4.24. The molecule has 3 aromatic carbocycles. The Morgan fingerprint density at radius 1 is 1.00 bits per heavy atom. The summed E-state index contributed by atoms with van der Waals surface area (Å²) in [5.41, 5.74) is 4.47. The minimum Gasteiger partial charge on any atom is -0.392 e. The molecular formula is C22H19F2NO. The number of aliphatic hydroxyl groups excluding tert-OH is 1. The van der Waals surface area contributed by atoms with Gasteiger partial charge in [-0.25, -0.2) is 8.78 Å². The zero-order chi connectivity index (χ0) is 18.5. The van der Waals surface area contributed by atoms with Crippen LogP contribution in [0.15, 0.2) is 67.2 Å². The number of anilines is 1. The second kappa shape index (κ2) is 7.93. The van der Waals surface area contributed by atoms with Crippen LogP contribution in [0.2, 0.25) is 0 Å². The molecule has 0 amide bonds. The molecule has 132 valence electrons. The second-order valence-electron chi connectivity index (χ2n) is 5.92. The SMILES string of the molecule is C=Cc1c(NCc2ccc(F)cc2)cccc1-c1ccc(CO)c(F)c1. The summed E-state index contributed by atoms with van der Waals surface area (Å²) in [5.74, 6) is -0.708. The molecule has 0 bridgehead atoms. The van der Waals surface area contributed by atoms with Crippen molar-refractivity contribution in [3.05, 3.63) is 95.6 Å². The molecule has 0 saturated carbocycles. The molecule has 4 heteroatoms. The topological polar surface area (TPSA) is 32.3 Å². The molecule has 3 aromatic rings. The van der Waals surface area contributed by atoms with Gasteiger partial charge >= 0.3 is 0 Å². The zero-order valence-electron chi connectivity index (χ0n) is 14.2. The van der Waals surface area contributed by atoms with Gasteiger partial charge in [0.05, 0.1) is 6.61 Å². The molecule has 3 rings (SSSR count). The number of benzene rings is 3. The van der Waals surface area contributed by atoms with E-state index in [1.807, 2.05) is 18.2 Å². The van der Waals surface area contributed by atoms with Crippen molar-refractivity contribution in [2.24, 2.45) is 0 Å². The molecule has 0 aromatic heterocycles. The first-order valence-corrected chi connectivity index (χ1v) is 8.26. The minimum absolute atomic E-state index is 0.263. The number of aliphatic hydroxyl groups is 1. The molecule has 0 aliphatic heterocycles. The van der Waals surface area contributed by atoms with E-state index < -0.39 is 5.82 Å². The molecule has 26 heavy (non-hydrogen) atoms. The van der Waals surface area contributed by atoms with E-state index in [-0.39, 0.29) is 18.0 Å². The van der Waals surface area contributed by atoms with Crippen molar-refractivity contribution in [2.75, 3.05) is 5.32 Å². The van der Waals surface area contributed by atoms with Gasteiger partial charge in [-0.3, -0.25) is 0 Å². The number of hydrogen-bond donors (Lipinski definition) is 2. The van der Waals surface area contributed by atoms with Crippen LogP contribution in [0.3, 0.4) is 0 Å². The summed E-state index contributed by atoms with van der Waals surface area (Å²) in [5, 5.41) is 12.5. The highest BCUT2D eigenvalue weighted by molar-refractivity contribution is 5.82. The molecule has 0 heterocycles. The van der Waals surface area contributed by atoms with E-state index in [0.29, 0.717) is 12.1 Å². The summed E-state index contributed by atoms with van der Waals surface area (Å²) in [6, 6.07) is 16.8. The fraction of sp³-hybridized carbons (Fsp3) is 0.0909. The van der Waals surface area contributed by atoms with E-state index in [0.717, 1.165) is 22.4 Å². The fourth-order valence-electron chi connectivity index (χ4n) is 2.83. The van der Waals surface area contributed by atoms with Crippen LogP contribution in [0, 0.1) is 11.6 Å². The highest BCUT2D eigenvalue weighted by Gasteiger charge is 2.10. The van der Waals surface area contributed by atoms with Gasteiger partial charge in [-0.1, -0.05) is 49.1 Å². The van der Waals surface area contributed by atoms with Gasteiger partial charge in [0, 0.05) is 23.4 Å². The molecule has 0 aliphatic carbocycles. The van der Waals surface area contributed by atoms with E-state index in [1.165, 1.54) is 18.2 Å². The summed E-state index contributed by atoms with van der Waals surface area (Å²) in [7, 11) is 0. The van der Waals surface area contributed by atoms with E-state index in [1.54, 1.807) is 30.3 Å². The standard InChI is InChI=1S/C22H19F2NO/c1-2-19-20(16-8-9-17(14-26)21(24)12-16)4-3-5-22(19)25-13-15-6-10-18(23)11-7-15/h2-12,25-26H,1,13-14H2. The van der Waals surface area contributed by atoms with E-state index in [4.69, 9.17) is 5.11 Å². The first kappa shape index (κ1) is 17.8. The van der Waals surface area contributed by atoms with E-state index >= 15 is 0 Å². The number of nitrogens with one attached hydrogen (secondary N) is 1. The third kappa shape index (κ3) is 3.81. The van der Waals surface area contributed by atoms with Crippen LogP contribution < -0.4 is 5.32 Å². The lowest BCUT2D eigenvalue weighted by Crippen LogP contribution is -2.02. The van der Waals surface area contributed by atoms with Crippen LogP contribution in [-0.4, -0.2) is 5.11 Å². The average molecular weight is 351 g/mol. The maximum absolute atomic E-state index is 14.0. The predicted molar refractivity (Wildman–Crippen MR) is 102 cm³/mol. The number of rotatable bonds is 6. The third-order valence-electron chi connectivity index (χ3n) is 4.24. The van der Waals surface area contributed by atoms with Crippen LogP contribution >= 0.6 is 0 Å². The number of hydrogen-bond acceptors (Lipinski definition) is 2. The maximum atomic E-state index is 14.0. The van der Waals surface area contributed by atoms with Gasteiger partial charge in [-0.05, 0) is 41.0 Å². The van der Waals surface area contributed by atoms with Crippen molar-refractivity contribution < 1.29 is 13.9 Å². The van der Waals surface area contributed by atoms with Gasteiger partial charge in [0.1, 0.15) is 11.6 Å². The summed E-state index contributed by atoms with van der Waals surface area (Å²) < 4.78 is 27.1. The molecule has 2 nitrogen and oxygen atoms in total. The molecule has 0 radical (unpaired) electrons. The van der Waals surface area contributed by atoms with Gasteiger partial charge in [0.15, 0.2) is 0 Å². The summed E-state index contributed by atoms with van der Waals surface area (Å²) >= 11 is 0. The van der Waals surface area contributed by atoms with Crippen LogP contribution in [0.5, 0.6) is 0 Å². The van der Waals surface area contributed by atoms with Crippen molar-refractivity contribution in [2.45, 2.75) is 13.2 Å². The Morgan fingerprint density at radius 3 is 2.42 bits per heavy atom. The maximum Gasteiger partial charge on any atom is 0.129 e. The highest BCUT2D eigenvalue weighted by Crippen LogP contribution is 2.31. The monoisotopic (exact) mass is 351 g/mol. The van der Waals surface area contributed by atoms with E-state index in [2.05, 4.69) is 11.9 Å². The Hall–Kier alpha value is -2.98. The second-order valence-corrected chi connectivity index (χ2v) is 5.92. The molecule has 0 atom stereocenters. The van der Waals surface area contributed by atoms with Gasteiger partial charge in [0.2, 0.25) is 0 Å². The lowest BCUT2D eigenvalue weighted by atomic mass is 9.97. The Morgan fingerprint density at radius 2 is 1.77 bits per heavy atom. The van der Waals surface area contributed by atoms with Crippen molar-refractivity contribution in [1.82, 2.24) is 0 Å². The summed E-state index contributed by atoms with van der Waals surface area (Å²) in [4.78, 5) is 0. The van der Waals surface area contributed by atoms with Crippen LogP contribution in [0.25, 0.3) is 17.2 Å². The van der Waals surface area contributed by atoms with Crippen molar-refractivity contribution in [3.63, 3.8) is 0 Å². The summed E-state index contributed by atoms with van der Waals surface area (Å²) in [6.45, 7) is 4.07. The van der Waals surface area contributed by atoms with E-state index in [9.17, 15) is 8.78 Å². The van der Waals surface area contributed by atoms with Crippen molar-refractivity contribution >= 4 is 11.8 Å². The lowest BCUT2D eigenvalue weighted by molar-refractivity contribution is 0.276. The smallest absolute Gasteiger partial charge is 0.129 e. The molecule has 0 aliphatic rings. The summed E-state index contributed by atoms with van der Waals surface area (Å²) in [6.07, 6.45) is 1.72. The average Bonchev–Trinajstić information content (AvgIpc) is 2.67. The van der Waals surface area contributed by atoms with Gasteiger partial charge in [0.25, 0.3) is 0 Å². The highest BCUT2D eigenvalue weighted by atomic mass is 19.1. The fourth-order valence-corrected chi connectivity index (χ4v) is 2.83. The quantitative estimate of drug-likeness (QED) is 0.625. The number of halogens is 2. The van der Waals surface area contributed by atoms with Crippen LogP contribution in [0.4, 0.5) is 14.5 Å². The minimum atomic E-state index is -0.440. The molecule has 0 unspecified atom stereocenters. The molecule has 0 saturated heterocycles. The zero-order valence-corrected chi connectivity index (χ0v) is 14.2. The molecule has 0 fully saturated rings. The molecule has 2 N–H and O–H groups in total. The van der Waals surface area contributed by atoms with Crippen LogP contribution in [-0.2, 0) is 13.2 Å². The normalized spacial score (nSPS) is 10.6. The van der Waals surface area contributed by atoms with Crippen molar-refractivity contribution in [3.8, 4) is 11.1 Å². The van der Waals surface area contributed by atoms with Gasteiger partial charge < -0.3 is 10.4 Å². The van der Waals surface area contributed by atoms with Gasteiger partial charge in [-0.2, -0.15) is 0 Å². The van der Waals surface area contributed by atoms with Crippen LogP contribution in [0.1, 0.15) is 16.7 Å². The Bertz CT molecular complexity index is 920. The largest absolute Gasteiger partial charge is 0.392 e. The van der Waals surface area contributed by atoms with Crippen molar-refractivity contribution in [1.29, 1.82) is 0 Å². The lowest BCUT2D eigenvalue weighted by Gasteiger charge is -2.15. The Labute approximate surface area is 151 Å². The predicted octanol–water partition coefficient (Wildman–Crippen LogP) is 5.38. The first-order valence-electron chi connectivity index (χ1n) is 8.26. The molecular weight excluding hydrogens is 332 g/mol. The molecule has 0 spiro atoms. The van der Waals surface area contributed by atoms with Gasteiger partial charge in [-0.15, -0.1) is 0 Å². The Balaban J connectivity index is 1.90. The first-order chi connectivity index (χ1) is 12.6. The Kier molecular flexibility index (Phi) is 5.44.